The number of hydrogen-bond donors (Lipinski definition) is 2. The highest BCUT2D eigenvalue weighted by Crippen LogP contribution is 2.27. The summed E-state index contributed by atoms with van der Waals surface area (Å²) in [6.07, 6.45) is 1.47. The van der Waals surface area contributed by atoms with E-state index in [1.807, 2.05) is 35.8 Å². The van der Waals surface area contributed by atoms with Crippen LogP contribution in [0, 0.1) is 0 Å². The van der Waals surface area contributed by atoms with Gasteiger partial charge in [0.1, 0.15) is 0 Å². The van der Waals surface area contributed by atoms with Gasteiger partial charge in [-0.05, 0) is 42.8 Å². The normalized spacial score (nSPS) is 11.0. The van der Waals surface area contributed by atoms with Crippen LogP contribution in [0.3, 0.4) is 0 Å². The summed E-state index contributed by atoms with van der Waals surface area (Å²) in [7, 11) is 1.46. The monoisotopic (exact) mass is 515 g/mol. The van der Waals surface area contributed by atoms with Gasteiger partial charge in [0.15, 0.2) is 22.5 Å². The zero-order valence-corrected chi connectivity index (χ0v) is 20.0. The summed E-state index contributed by atoms with van der Waals surface area (Å²) in [4.78, 5) is 12.2. The summed E-state index contributed by atoms with van der Waals surface area (Å²) < 4.78 is 7.97. The first kappa shape index (κ1) is 23.6. The van der Waals surface area contributed by atoms with E-state index in [1.54, 1.807) is 12.1 Å². The molecule has 0 radical (unpaired) electrons. The molecule has 0 bridgehead atoms. The minimum absolute atomic E-state index is 0.0338. The predicted molar refractivity (Wildman–Crippen MR) is 129 cm³/mol. The number of allylic oxidation sites excluding steroid dienone is 1. The summed E-state index contributed by atoms with van der Waals surface area (Å²) in [5.41, 5.74) is 5.03. The molecule has 0 aliphatic heterocycles. The number of aromatic nitrogens is 3. The third-order valence-electron chi connectivity index (χ3n) is 4.19. The van der Waals surface area contributed by atoms with Gasteiger partial charge in [0, 0.05) is 16.6 Å². The van der Waals surface area contributed by atoms with E-state index in [0.717, 1.165) is 15.6 Å². The number of rotatable bonds is 9. The van der Waals surface area contributed by atoms with Crippen molar-refractivity contribution in [2.24, 2.45) is 5.10 Å². The third kappa shape index (κ3) is 6.21. The summed E-state index contributed by atoms with van der Waals surface area (Å²) in [6.45, 7) is 6.46. The van der Waals surface area contributed by atoms with Crippen LogP contribution in [-0.2, 0) is 11.3 Å². The number of hydrogen-bond acceptors (Lipinski definition) is 7. The van der Waals surface area contributed by atoms with Gasteiger partial charge in [0.05, 0.1) is 19.1 Å². The molecule has 0 fully saturated rings. The number of ether oxygens (including phenoxy) is 1. The second-order valence-electron chi connectivity index (χ2n) is 6.87. The third-order valence-corrected chi connectivity index (χ3v) is 5.68. The molecule has 166 valence electrons. The van der Waals surface area contributed by atoms with Crippen molar-refractivity contribution in [2.45, 2.75) is 18.6 Å². The quantitative estimate of drug-likeness (QED) is 0.191. The highest BCUT2D eigenvalue weighted by molar-refractivity contribution is 9.10. The number of carbonyl (C=O) groups is 1. The molecule has 0 spiro atoms. The summed E-state index contributed by atoms with van der Waals surface area (Å²) >= 11 is 4.70. The van der Waals surface area contributed by atoms with E-state index in [2.05, 4.69) is 43.2 Å². The van der Waals surface area contributed by atoms with Gasteiger partial charge in [-0.2, -0.15) is 5.10 Å². The molecule has 1 amide bonds. The molecule has 32 heavy (non-hydrogen) atoms. The number of carbonyl (C=O) groups excluding carboxylic acids is 1. The van der Waals surface area contributed by atoms with Crippen LogP contribution in [0.1, 0.15) is 12.5 Å². The Hall–Kier alpha value is -3.11. The molecule has 10 heteroatoms. The molecule has 1 aromatic heterocycles. The summed E-state index contributed by atoms with van der Waals surface area (Å²) in [6, 6.07) is 12.6. The van der Waals surface area contributed by atoms with Crippen LogP contribution >= 0.6 is 27.7 Å². The second-order valence-corrected chi connectivity index (χ2v) is 8.73. The zero-order chi connectivity index (χ0) is 23.1. The van der Waals surface area contributed by atoms with Crippen LogP contribution < -0.4 is 10.2 Å². The van der Waals surface area contributed by atoms with E-state index >= 15 is 0 Å². The Morgan fingerprint density at radius 2 is 2.06 bits per heavy atom. The maximum Gasteiger partial charge on any atom is 0.250 e. The fourth-order valence-electron chi connectivity index (χ4n) is 2.74. The lowest BCUT2D eigenvalue weighted by molar-refractivity contribution is -0.118. The van der Waals surface area contributed by atoms with Gasteiger partial charge in [-0.25, -0.2) is 5.43 Å². The first-order valence-electron chi connectivity index (χ1n) is 9.52. The predicted octanol–water partition coefficient (Wildman–Crippen LogP) is 4.24. The minimum atomic E-state index is -0.285. The lowest BCUT2D eigenvalue weighted by atomic mass is 10.2. The number of aromatic hydroxyl groups is 1. The fourth-order valence-corrected chi connectivity index (χ4v) is 3.73. The van der Waals surface area contributed by atoms with Gasteiger partial charge in [-0.3, -0.25) is 9.36 Å². The zero-order valence-electron chi connectivity index (χ0n) is 17.6. The molecule has 1 heterocycles. The van der Waals surface area contributed by atoms with Crippen LogP contribution in [-0.4, -0.2) is 44.9 Å². The van der Waals surface area contributed by atoms with Crippen molar-refractivity contribution in [1.29, 1.82) is 0 Å². The Morgan fingerprint density at radius 3 is 2.75 bits per heavy atom. The van der Waals surface area contributed by atoms with Gasteiger partial charge in [-0.15, -0.1) is 10.2 Å². The van der Waals surface area contributed by atoms with E-state index in [1.165, 1.54) is 31.2 Å². The number of methoxy groups -OCH3 is 1. The van der Waals surface area contributed by atoms with Gasteiger partial charge >= 0.3 is 0 Å². The molecule has 0 aliphatic rings. The average Bonchev–Trinajstić information content (AvgIpc) is 3.15. The van der Waals surface area contributed by atoms with E-state index < -0.39 is 0 Å². The van der Waals surface area contributed by atoms with Crippen LogP contribution in [0.2, 0.25) is 0 Å². The lowest BCUT2D eigenvalue weighted by Gasteiger charge is -2.10. The average molecular weight is 516 g/mol. The molecular formula is C22H22BrN5O3S. The smallest absolute Gasteiger partial charge is 0.250 e. The molecular weight excluding hydrogens is 494 g/mol. The first-order chi connectivity index (χ1) is 15.4. The topological polar surface area (TPSA) is 102 Å². The molecule has 2 N–H and O–H groups in total. The van der Waals surface area contributed by atoms with Crippen molar-refractivity contribution in [2.75, 3.05) is 12.9 Å². The van der Waals surface area contributed by atoms with Crippen LogP contribution in [0.25, 0.3) is 11.4 Å². The standard InChI is InChI=1S/C22H22BrN5O3S/c1-14(2)12-28-21(16-5-7-17(23)8-6-16)26-27-22(28)32-13-20(30)25-24-11-15-4-9-18(29)19(10-15)31-3/h4-11,29H,1,12-13H2,2-3H3,(H,25,30)/b24-11+. The number of amides is 1. The largest absolute Gasteiger partial charge is 0.504 e. The van der Waals surface area contributed by atoms with Gasteiger partial charge in [-0.1, -0.05) is 52.0 Å². The van der Waals surface area contributed by atoms with Crippen molar-refractivity contribution in [1.82, 2.24) is 20.2 Å². The summed E-state index contributed by atoms with van der Waals surface area (Å²) in [5, 5.41) is 22.8. The van der Waals surface area contributed by atoms with Crippen molar-refractivity contribution in [3.8, 4) is 22.9 Å². The number of phenolic OH excluding ortho intramolecular Hbond substituents is 1. The maximum atomic E-state index is 12.2. The second kappa shape index (κ2) is 11.0. The van der Waals surface area contributed by atoms with Crippen molar-refractivity contribution < 1.29 is 14.6 Å². The maximum absolute atomic E-state index is 12.2. The summed E-state index contributed by atoms with van der Waals surface area (Å²) in [5.74, 6) is 0.903. The van der Waals surface area contributed by atoms with Crippen LogP contribution in [0.4, 0.5) is 0 Å². The van der Waals surface area contributed by atoms with E-state index in [9.17, 15) is 9.90 Å². The molecule has 8 nitrogen and oxygen atoms in total. The van der Waals surface area contributed by atoms with Gasteiger partial charge < -0.3 is 9.84 Å². The number of thioether (sulfide) groups is 1. The molecule has 3 rings (SSSR count). The molecule has 3 aromatic rings. The fraction of sp³-hybridized carbons (Fsp3) is 0.182. The van der Waals surface area contributed by atoms with Crippen LogP contribution in [0.15, 0.2) is 69.3 Å². The van der Waals surface area contributed by atoms with E-state index in [-0.39, 0.29) is 17.4 Å². The molecule has 0 saturated carbocycles. The van der Waals surface area contributed by atoms with E-state index in [0.29, 0.717) is 28.8 Å². The number of hydrazone groups is 1. The number of phenols is 1. The minimum Gasteiger partial charge on any atom is -0.504 e. The SMILES string of the molecule is C=C(C)Cn1c(SCC(=O)N/N=C/c2ccc(O)c(OC)c2)nnc1-c1ccc(Br)cc1. The molecule has 0 aliphatic carbocycles. The first-order valence-corrected chi connectivity index (χ1v) is 11.3. The molecule has 0 saturated heterocycles. The van der Waals surface area contributed by atoms with Crippen molar-refractivity contribution in [3.05, 3.63) is 64.7 Å². The molecule has 2 aromatic carbocycles. The number of halogens is 1. The van der Waals surface area contributed by atoms with Gasteiger partial charge in [0.25, 0.3) is 5.91 Å². The van der Waals surface area contributed by atoms with E-state index in [4.69, 9.17) is 4.74 Å². The number of nitrogens with one attached hydrogen (secondary N) is 1. The highest BCUT2D eigenvalue weighted by Gasteiger charge is 2.16. The Balaban J connectivity index is 1.65. The Morgan fingerprint density at radius 1 is 1.31 bits per heavy atom. The Kier molecular flexibility index (Phi) is 8.07. The lowest BCUT2D eigenvalue weighted by Crippen LogP contribution is -2.20. The van der Waals surface area contributed by atoms with Gasteiger partial charge in [0.2, 0.25) is 0 Å². The van der Waals surface area contributed by atoms with Crippen molar-refractivity contribution in [3.63, 3.8) is 0 Å². The van der Waals surface area contributed by atoms with Crippen LogP contribution in [0.5, 0.6) is 11.5 Å². The Labute approximate surface area is 198 Å². The molecule has 0 atom stereocenters. The van der Waals surface area contributed by atoms with Crippen molar-refractivity contribution >= 4 is 39.8 Å². The molecule has 0 unspecified atom stereocenters. The number of benzene rings is 2. The highest BCUT2D eigenvalue weighted by atomic mass is 79.9. The number of nitrogens with zero attached hydrogens (tertiary/aromatic N) is 4. The Bertz CT molecular complexity index is 1140.